The van der Waals surface area contributed by atoms with Crippen LogP contribution in [0.15, 0.2) is 24.3 Å². The van der Waals surface area contributed by atoms with E-state index in [0.717, 1.165) is 5.56 Å². The molecule has 0 unspecified atom stereocenters. The molecule has 1 aliphatic heterocycles. The van der Waals surface area contributed by atoms with Crippen molar-refractivity contribution >= 4 is 11.7 Å². The second-order valence-corrected chi connectivity index (χ2v) is 4.29. The van der Waals surface area contributed by atoms with Crippen molar-refractivity contribution in [1.82, 2.24) is 4.90 Å². The Morgan fingerprint density at radius 3 is 2.44 bits per heavy atom. The number of nitrogens with zero attached hydrogens (tertiary/aromatic N) is 1. The quantitative estimate of drug-likeness (QED) is 0.708. The van der Waals surface area contributed by atoms with Gasteiger partial charge in [-0.3, -0.25) is 9.59 Å². The lowest BCUT2D eigenvalue weighted by molar-refractivity contribution is -0.127. The van der Waals surface area contributed by atoms with Gasteiger partial charge in [0.1, 0.15) is 0 Å². The first-order valence-electron chi connectivity index (χ1n) is 5.46. The number of carbonyl (C=O) groups is 2. The van der Waals surface area contributed by atoms with Crippen molar-refractivity contribution in [3.8, 4) is 0 Å². The summed E-state index contributed by atoms with van der Waals surface area (Å²) in [6.45, 7) is 1.99. The lowest BCUT2D eigenvalue weighted by atomic mass is 10.0. The fraction of sp³-hybridized carbons (Fsp3) is 0.385. The Labute approximate surface area is 95.1 Å². The predicted molar refractivity (Wildman–Crippen MR) is 61.3 cm³/mol. The van der Waals surface area contributed by atoms with E-state index in [-0.39, 0.29) is 17.7 Å². The molecule has 1 amide bonds. The molecule has 1 aromatic rings. The van der Waals surface area contributed by atoms with Gasteiger partial charge in [0, 0.05) is 19.0 Å². The van der Waals surface area contributed by atoms with Crippen molar-refractivity contribution in [1.29, 1.82) is 0 Å². The minimum Gasteiger partial charge on any atom is -0.335 e. The van der Waals surface area contributed by atoms with Gasteiger partial charge in [0.05, 0.1) is 6.04 Å². The Balaban J connectivity index is 2.19. The molecular weight excluding hydrogens is 202 g/mol. The van der Waals surface area contributed by atoms with E-state index in [2.05, 4.69) is 0 Å². The summed E-state index contributed by atoms with van der Waals surface area (Å²) in [4.78, 5) is 25.0. The molecule has 16 heavy (non-hydrogen) atoms. The molecule has 3 heteroatoms. The molecule has 0 aromatic heterocycles. The molecule has 1 aromatic carbocycles. The first-order valence-corrected chi connectivity index (χ1v) is 5.46. The van der Waals surface area contributed by atoms with Gasteiger partial charge in [-0.05, 0) is 13.3 Å². The Morgan fingerprint density at radius 1 is 1.31 bits per heavy atom. The molecule has 2 rings (SSSR count). The maximum atomic E-state index is 12.1. The van der Waals surface area contributed by atoms with Crippen LogP contribution in [-0.4, -0.2) is 29.7 Å². The highest BCUT2D eigenvalue weighted by Crippen LogP contribution is 2.20. The third-order valence-corrected chi connectivity index (χ3v) is 3.13. The summed E-state index contributed by atoms with van der Waals surface area (Å²) in [5.41, 5.74) is 1.82. The molecule has 1 fully saturated rings. The van der Waals surface area contributed by atoms with Gasteiger partial charge in [0.15, 0.2) is 5.78 Å². The maximum Gasteiger partial charge on any atom is 0.223 e. The molecule has 1 heterocycles. The number of Topliss-reactive ketones (excluding diaryl/α,β-unsaturated/α-hetero) is 1. The summed E-state index contributed by atoms with van der Waals surface area (Å²) >= 11 is 0. The SMILES string of the molecule is Cc1ccc(C(=O)[C@@H]2CCC(=O)N2C)cc1. The average Bonchev–Trinajstić information content (AvgIpc) is 2.60. The number of hydrogen-bond acceptors (Lipinski definition) is 2. The van der Waals surface area contributed by atoms with Gasteiger partial charge in [-0.25, -0.2) is 0 Å². The molecule has 1 saturated heterocycles. The Kier molecular flexibility index (Phi) is 2.77. The smallest absolute Gasteiger partial charge is 0.223 e. The van der Waals surface area contributed by atoms with E-state index in [9.17, 15) is 9.59 Å². The minimum atomic E-state index is -0.268. The van der Waals surface area contributed by atoms with Gasteiger partial charge in [0.2, 0.25) is 5.91 Å². The van der Waals surface area contributed by atoms with E-state index in [1.54, 1.807) is 11.9 Å². The van der Waals surface area contributed by atoms with Gasteiger partial charge in [-0.15, -0.1) is 0 Å². The van der Waals surface area contributed by atoms with Crippen LogP contribution in [0, 0.1) is 6.92 Å². The van der Waals surface area contributed by atoms with Crippen LogP contribution in [0.2, 0.25) is 0 Å². The molecule has 1 aliphatic rings. The van der Waals surface area contributed by atoms with Crippen LogP contribution < -0.4 is 0 Å². The number of amides is 1. The average molecular weight is 217 g/mol. The van der Waals surface area contributed by atoms with Crippen molar-refractivity contribution in [2.75, 3.05) is 7.05 Å². The summed E-state index contributed by atoms with van der Waals surface area (Å²) in [5, 5.41) is 0. The van der Waals surface area contributed by atoms with Crippen LogP contribution in [-0.2, 0) is 4.79 Å². The number of likely N-dealkylation sites (N-methyl/N-ethyl adjacent to an activating group) is 1. The van der Waals surface area contributed by atoms with E-state index >= 15 is 0 Å². The third kappa shape index (κ3) is 1.85. The van der Waals surface area contributed by atoms with Crippen LogP contribution in [0.4, 0.5) is 0 Å². The van der Waals surface area contributed by atoms with Crippen LogP contribution in [0.5, 0.6) is 0 Å². The fourth-order valence-electron chi connectivity index (χ4n) is 2.02. The molecule has 0 N–H and O–H groups in total. The van der Waals surface area contributed by atoms with E-state index in [1.807, 2.05) is 31.2 Å². The number of likely N-dealkylation sites (tertiary alicyclic amines) is 1. The van der Waals surface area contributed by atoms with Crippen LogP contribution >= 0.6 is 0 Å². The molecular formula is C13H15NO2. The van der Waals surface area contributed by atoms with E-state index in [4.69, 9.17) is 0 Å². The number of ketones is 1. The number of rotatable bonds is 2. The second kappa shape index (κ2) is 4.08. The molecule has 0 aliphatic carbocycles. The van der Waals surface area contributed by atoms with Crippen LogP contribution in [0.3, 0.4) is 0 Å². The molecule has 0 saturated carbocycles. The summed E-state index contributed by atoms with van der Waals surface area (Å²) < 4.78 is 0. The highest BCUT2D eigenvalue weighted by molar-refractivity contribution is 6.03. The van der Waals surface area contributed by atoms with Crippen LogP contribution in [0.1, 0.15) is 28.8 Å². The van der Waals surface area contributed by atoms with Gasteiger partial charge in [-0.1, -0.05) is 29.8 Å². The zero-order valence-corrected chi connectivity index (χ0v) is 9.56. The molecule has 0 radical (unpaired) electrons. The zero-order valence-electron chi connectivity index (χ0n) is 9.56. The second-order valence-electron chi connectivity index (χ2n) is 4.29. The summed E-state index contributed by atoms with van der Waals surface area (Å²) in [5.74, 6) is 0.110. The predicted octanol–water partition coefficient (Wildman–Crippen LogP) is 1.80. The molecule has 0 bridgehead atoms. The lowest BCUT2D eigenvalue weighted by Crippen LogP contribution is -2.35. The zero-order chi connectivity index (χ0) is 11.7. The number of carbonyl (C=O) groups excluding carboxylic acids is 2. The largest absolute Gasteiger partial charge is 0.335 e. The summed E-state index contributed by atoms with van der Waals surface area (Å²) in [6, 6.07) is 7.23. The monoisotopic (exact) mass is 217 g/mol. The van der Waals surface area contributed by atoms with Gasteiger partial charge in [-0.2, -0.15) is 0 Å². The van der Waals surface area contributed by atoms with Crippen molar-refractivity contribution in [3.63, 3.8) is 0 Å². The van der Waals surface area contributed by atoms with Crippen molar-refractivity contribution in [2.24, 2.45) is 0 Å². The number of benzene rings is 1. The topological polar surface area (TPSA) is 37.4 Å². The Morgan fingerprint density at radius 2 is 1.94 bits per heavy atom. The van der Waals surface area contributed by atoms with Crippen molar-refractivity contribution in [3.05, 3.63) is 35.4 Å². The summed E-state index contributed by atoms with van der Waals surface area (Å²) in [7, 11) is 1.70. The number of aryl methyl sites for hydroxylation is 1. The normalized spacial score (nSPS) is 20.2. The first kappa shape index (κ1) is 10.9. The molecule has 84 valence electrons. The molecule has 1 atom stereocenters. The Bertz CT molecular complexity index is 422. The van der Waals surface area contributed by atoms with Crippen molar-refractivity contribution < 1.29 is 9.59 Å². The first-order chi connectivity index (χ1) is 7.59. The third-order valence-electron chi connectivity index (χ3n) is 3.13. The summed E-state index contributed by atoms with van der Waals surface area (Å²) in [6.07, 6.45) is 1.13. The van der Waals surface area contributed by atoms with Gasteiger partial charge >= 0.3 is 0 Å². The van der Waals surface area contributed by atoms with Gasteiger partial charge < -0.3 is 4.90 Å². The maximum absolute atomic E-state index is 12.1. The standard InChI is InChI=1S/C13H15NO2/c1-9-3-5-10(6-4-9)13(16)11-7-8-12(15)14(11)2/h3-6,11H,7-8H2,1-2H3/t11-/m0/s1. The Hall–Kier alpha value is -1.64. The van der Waals surface area contributed by atoms with E-state index in [0.29, 0.717) is 18.4 Å². The van der Waals surface area contributed by atoms with Crippen molar-refractivity contribution in [2.45, 2.75) is 25.8 Å². The van der Waals surface area contributed by atoms with Gasteiger partial charge in [0.25, 0.3) is 0 Å². The molecule has 0 spiro atoms. The van der Waals surface area contributed by atoms with Crippen LogP contribution in [0.25, 0.3) is 0 Å². The highest BCUT2D eigenvalue weighted by atomic mass is 16.2. The fourth-order valence-corrected chi connectivity index (χ4v) is 2.02. The van der Waals surface area contributed by atoms with E-state index < -0.39 is 0 Å². The lowest BCUT2D eigenvalue weighted by Gasteiger charge is -2.18. The minimum absolute atomic E-state index is 0.0494. The number of hydrogen-bond donors (Lipinski definition) is 0. The molecule has 3 nitrogen and oxygen atoms in total. The van der Waals surface area contributed by atoms with E-state index in [1.165, 1.54) is 0 Å². The highest BCUT2D eigenvalue weighted by Gasteiger charge is 2.33.